The van der Waals surface area contributed by atoms with Crippen molar-refractivity contribution in [1.29, 1.82) is 0 Å². The quantitative estimate of drug-likeness (QED) is 0.423. The van der Waals surface area contributed by atoms with E-state index in [2.05, 4.69) is 30.7 Å². The first-order chi connectivity index (χ1) is 17.0. The minimum atomic E-state index is -0.474. The van der Waals surface area contributed by atoms with E-state index in [4.69, 9.17) is 4.74 Å². The van der Waals surface area contributed by atoms with Crippen LogP contribution >= 0.6 is 0 Å². The van der Waals surface area contributed by atoms with Gasteiger partial charge in [-0.15, -0.1) is 5.10 Å². The minimum Gasteiger partial charge on any atom is -0.375 e. The molecule has 0 spiro atoms. The molecule has 1 saturated heterocycles. The van der Waals surface area contributed by atoms with Crippen LogP contribution in [0.4, 0.5) is 21.7 Å². The molecular formula is C24H25FN8O2. The van der Waals surface area contributed by atoms with E-state index < -0.39 is 5.95 Å². The van der Waals surface area contributed by atoms with Crippen LogP contribution in [0.2, 0.25) is 0 Å². The number of aromatic nitrogens is 5. The number of amides is 1. The molecular weight excluding hydrogens is 451 g/mol. The first-order valence-electron chi connectivity index (χ1n) is 11.7. The molecule has 1 atom stereocenters. The second-order valence-corrected chi connectivity index (χ2v) is 8.99. The molecule has 5 heterocycles. The lowest BCUT2D eigenvalue weighted by Crippen LogP contribution is -2.41. The van der Waals surface area contributed by atoms with Gasteiger partial charge in [-0.2, -0.15) is 8.91 Å². The highest BCUT2D eigenvalue weighted by Gasteiger charge is 2.30. The number of hydrogen-bond acceptors (Lipinski definition) is 8. The Morgan fingerprint density at radius 2 is 2.06 bits per heavy atom. The van der Waals surface area contributed by atoms with Crippen molar-refractivity contribution in [3.63, 3.8) is 0 Å². The summed E-state index contributed by atoms with van der Waals surface area (Å²) in [7, 11) is 1.77. The summed E-state index contributed by atoms with van der Waals surface area (Å²) in [5, 5.41) is 11.9. The van der Waals surface area contributed by atoms with Gasteiger partial charge in [-0.3, -0.25) is 4.79 Å². The lowest BCUT2D eigenvalue weighted by atomic mass is 10.1. The molecule has 11 heteroatoms. The summed E-state index contributed by atoms with van der Waals surface area (Å²) < 4.78 is 22.3. The van der Waals surface area contributed by atoms with Crippen LogP contribution in [0.1, 0.15) is 19.8 Å². The second-order valence-electron chi connectivity index (χ2n) is 8.99. The van der Waals surface area contributed by atoms with Crippen molar-refractivity contribution < 1.29 is 13.9 Å². The Morgan fingerprint density at radius 1 is 1.20 bits per heavy atom. The molecule has 4 aromatic rings. The highest BCUT2D eigenvalue weighted by Crippen LogP contribution is 2.34. The molecule has 35 heavy (non-hydrogen) atoms. The molecule has 2 aliphatic rings. The number of pyridine rings is 3. The van der Waals surface area contributed by atoms with Crippen LogP contribution in [0.25, 0.3) is 27.8 Å². The van der Waals surface area contributed by atoms with Crippen LogP contribution in [0.3, 0.4) is 0 Å². The summed E-state index contributed by atoms with van der Waals surface area (Å²) in [6.45, 7) is 3.73. The van der Waals surface area contributed by atoms with Gasteiger partial charge < -0.3 is 20.3 Å². The highest BCUT2D eigenvalue weighted by atomic mass is 19.1. The first-order valence-corrected chi connectivity index (χ1v) is 11.7. The molecule has 0 bridgehead atoms. The average Bonchev–Trinajstić information content (AvgIpc) is 3.62. The van der Waals surface area contributed by atoms with E-state index in [9.17, 15) is 4.79 Å². The van der Waals surface area contributed by atoms with E-state index in [0.29, 0.717) is 54.1 Å². The number of rotatable bonds is 5. The number of anilines is 3. The van der Waals surface area contributed by atoms with Crippen LogP contribution in [0.5, 0.6) is 0 Å². The molecule has 2 fully saturated rings. The third-order valence-electron chi connectivity index (χ3n) is 6.45. The van der Waals surface area contributed by atoms with Gasteiger partial charge in [0.2, 0.25) is 11.9 Å². The SMILES string of the molecule is CNc1ncc(-c2nc3ccc(N4CCO[C@@H](C)C4)c(F)n3n2)c2cc(NC(=O)C3CC3)ncc12. The van der Waals surface area contributed by atoms with E-state index in [1.807, 2.05) is 11.8 Å². The van der Waals surface area contributed by atoms with Gasteiger partial charge >= 0.3 is 0 Å². The number of nitrogens with one attached hydrogen (secondary N) is 2. The summed E-state index contributed by atoms with van der Waals surface area (Å²) in [4.78, 5) is 27.7. The fourth-order valence-corrected chi connectivity index (χ4v) is 4.45. The molecule has 4 aromatic heterocycles. The maximum absolute atomic E-state index is 15.5. The Bertz CT molecular complexity index is 1450. The smallest absolute Gasteiger partial charge is 0.239 e. The third kappa shape index (κ3) is 3.91. The van der Waals surface area contributed by atoms with Crippen molar-refractivity contribution in [3.05, 3.63) is 36.5 Å². The number of carbonyl (C=O) groups excluding carboxylic acids is 1. The topological polar surface area (TPSA) is 110 Å². The van der Waals surface area contributed by atoms with Crippen LogP contribution in [-0.4, -0.2) is 63.3 Å². The van der Waals surface area contributed by atoms with Crippen LogP contribution in [0, 0.1) is 11.9 Å². The molecule has 1 saturated carbocycles. The predicted molar refractivity (Wildman–Crippen MR) is 130 cm³/mol. The fraction of sp³-hybridized carbons (Fsp3) is 0.375. The monoisotopic (exact) mass is 476 g/mol. The molecule has 180 valence electrons. The summed E-state index contributed by atoms with van der Waals surface area (Å²) in [6.07, 6.45) is 5.14. The first kappa shape index (κ1) is 21.7. The van der Waals surface area contributed by atoms with Gasteiger partial charge in [0.15, 0.2) is 11.5 Å². The standard InChI is InChI=1S/C24H25FN8O2/c1-13-12-32(7-8-35-13)18-5-6-20-30-23(31-33(20)21(18)25)17-11-28-22(26-2)16-10-27-19(9-15(16)17)29-24(34)14-3-4-14/h5-6,9-11,13-14H,3-4,7-8,12H2,1-2H3,(H,26,28)(H,27,29,34)/t13-/m0/s1. The number of nitrogens with zero attached hydrogens (tertiary/aromatic N) is 6. The molecule has 0 unspecified atom stereocenters. The Kier molecular flexibility index (Phi) is 5.21. The molecule has 1 aliphatic heterocycles. The summed E-state index contributed by atoms with van der Waals surface area (Å²) in [5.41, 5.74) is 1.48. The Labute approximate surface area is 200 Å². The normalized spacial score (nSPS) is 18.3. The zero-order valence-electron chi connectivity index (χ0n) is 19.5. The van der Waals surface area contributed by atoms with Gasteiger partial charge in [0, 0.05) is 54.8 Å². The summed E-state index contributed by atoms with van der Waals surface area (Å²) in [5.74, 6) is 0.974. The predicted octanol–water partition coefficient (Wildman–Crippen LogP) is 3.09. The lowest BCUT2D eigenvalue weighted by Gasteiger charge is -2.32. The third-order valence-corrected chi connectivity index (χ3v) is 6.45. The number of halogens is 1. The molecule has 1 aliphatic carbocycles. The van der Waals surface area contributed by atoms with Crippen molar-refractivity contribution in [2.75, 3.05) is 42.3 Å². The van der Waals surface area contributed by atoms with E-state index in [1.54, 1.807) is 37.6 Å². The molecule has 0 radical (unpaired) electrons. The van der Waals surface area contributed by atoms with Crippen molar-refractivity contribution in [2.24, 2.45) is 5.92 Å². The number of carbonyl (C=O) groups is 1. The molecule has 10 nitrogen and oxygen atoms in total. The Balaban J connectivity index is 1.43. The lowest BCUT2D eigenvalue weighted by molar-refractivity contribution is -0.117. The highest BCUT2D eigenvalue weighted by molar-refractivity contribution is 6.03. The molecule has 6 rings (SSSR count). The van der Waals surface area contributed by atoms with E-state index in [-0.39, 0.29) is 17.9 Å². The van der Waals surface area contributed by atoms with Gasteiger partial charge in [-0.1, -0.05) is 0 Å². The molecule has 0 aromatic carbocycles. The van der Waals surface area contributed by atoms with Gasteiger partial charge in [0.05, 0.1) is 18.4 Å². The van der Waals surface area contributed by atoms with Crippen LogP contribution in [0.15, 0.2) is 30.6 Å². The molecule has 2 N–H and O–H groups in total. The zero-order valence-corrected chi connectivity index (χ0v) is 19.5. The van der Waals surface area contributed by atoms with Crippen molar-refractivity contribution in [2.45, 2.75) is 25.9 Å². The van der Waals surface area contributed by atoms with Gasteiger partial charge in [0.25, 0.3) is 0 Å². The summed E-state index contributed by atoms with van der Waals surface area (Å²) >= 11 is 0. The van der Waals surface area contributed by atoms with Gasteiger partial charge in [-0.05, 0) is 38.0 Å². The fourth-order valence-electron chi connectivity index (χ4n) is 4.45. The van der Waals surface area contributed by atoms with Crippen LogP contribution in [-0.2, 0) is 9.53 Å². The van der Waals surface area contributed by atoms with Gasteiger partial charge in [0.1, 0.15) is 11.6 Å². The van der Waals surface area contributed by atoms with Crippen LogP contribution < -0.4 is 15.5 Å². The largest absolute Gasteiger partial charge is 0.375 e. The number of morpholine rings is 1. The zero-order chi connectivity index (χ0) is 24.1. The number of hydrogen-bond donors (Lipinski definition) is 2. The van der Waals surface area contributed by atoms with E-state index in [0.717, 1.165) is 23.6 Å². The van der Waals surface area contributed by atoms with Gasteiger partial charge in [-0.25, -0.2) is 15.0 Å². The average molecular weight is 477 g/mol. The number of fused-ring (bicyclic) bond motifs is 2. The van der Waals surface area contributed by atoms with Crippen molar-refractivity contribution in [3.8, 4) is 11.4 Å². The molecule has 1 amide bonds. The maximum Gasteiger partial charge on any atom is 0.239 e. The Hall–Kier alpha value is -3.86. The minimum absolute atomic E-state index is 0.0245. The van der Waals surface area contributed by atoms with Crippen molar-refractivity contribution >= 4 is 39.6 Å². The second kappa shape index (κ2) is 8.42. The van der Waals surface area contributed by atoms with E-state index >= 15 is 4.39 Å². The summed E-state index contributed by atoms with van der Waals surface area (Å²) in [6, 6.07) is 5.28. The van der Waals surface area contributed by atoms with E-state index in [1.165, 1.54) is 4.52 Å². The van der Waals surface area contributed by atoms with Crippen molar-refractivity contribution in [1.82, 2.24) is 24.6 Å². The maximum atomic E-state index is 15.5. The number of ether oxygens (including phenoxy) is 1. The Morgan fingerprint density at radius 3 is 2.83 bits per heavy atom.